The molecule has 3 atom stereocenters. The highest BCUT2D eigenvalue weighted by Crippen LogP contribution is 2.28. The minimum Gasteiger partial charge on any atom is -0.455 e. The Hall–Kier alpha value is -2.40. The Balaban J connectivity index is 2.02. The Morgan fingerprint density at radius 3 is 2.32 bits per heavy atom. The number of benzene rings is 1. The Bertz CT molecular complexity index is 983. The molecule has 172 valence electrons. The van der Waals surface area contributed by atoms with Crippen molar-refractivity contribution in [2.24, 2.45) is 5.92 Å². The van der Waals surface area contributed by atoms with Gasteiger partial charge < -0.3 is 9.47 Å². The lowest BCUT2D eigenvalue weighted by Gasteiger charge is -2.25. The van der Waals surface area contributed by atoms with Crippen LogP contribution in [0, 0.1) is 26.7 Å². The van der Waals surface area contributed by atoms with Gasteiger partial charge in [-0.2, -0.15) is 21.6 Å². The van der Waals surface area contributed by atoms with E-state index >= 15 is 0 Å². The van der Waals surface area contributed by atoms with Crippen molar-refractivity contribution in [1.82, 2.24) is 0 Å². The first-order valence-electron chi connectivity index (χ1n) is 9.37. The molecule has 0 spiro atoms. The molecule has 0 radical (unpaired) electrons. The third kappa shape index (κ3) is 7.06. The Kier molecular flexibility index (Phi) is 7.53. The van der Waals surface area contributed by atoms with Crippen LogP contribution in [0.2, 0.25) is 0 Å². The molecule has 0 fully saturated rings. The fourth-order valence-corrected chi connectivity index (χ4v) is 3.80. The molecule has 0 bridgehead atoms. The average molecular weight is 464 g/mol. The SMILES string of the molecule is Cc1cc(C)c(C)c(C(=O)OC2C=CC(C(=O)OC(CS(=O)(=O)O)C(F)(F)F)CC2)c1. The number of alkyl halides is 3. The van der Waals surface area contributed by atoms with Gasteiger partial charge in [0.05, 0.1) is 11.5 Å². The number of aryl methyl sites for hydroxylation is 2. The lowest BCUT2D eigenvalue weighted by Crippen LogP contribution is -2.41. The maximum atomic E-state index is 12.9. The fourth-order valence-electron chi connectivity index (χ4n) is 3.16. The minimum atomic E-state index is -5.16. The van der Waals surface area contributed by atoms with Crippen LogP contribution in [-0.2, 0) is 24.4 Å². The van der Waals surface area contributed by atoms with E-state index in [0.29, 0.717) is 5.56 Å². The van der Waals surface area contributed by atoms with Crippen LogP contribution >= 0.6 is 0 Å². The molecule has 0 aromatic heterocycles. The Labute approximate surface area is 178 Å². The second kappa shape index (κ2) is 9.39. The largest absolute Gasteiger partial charge is 0.455 e. The normalized spacial score (nSPS) is 20.2. The van der Waals surface area contributed by atoms with Crippen LogP contribution in [0.25, 0.3) is 0 Å². The zero-order valence-corrected chi connectivity index (χ0v) is 17.9. The van der Waals surface area contributed by atoms with Crippen molar-refractivity contribution in [1.29, 1.82) is 0 Å². The summed E-state index contributed by atoms with van der Waals surface area (Å²) in [6.45, 7) is 5.50. The van der Waals surface area contributed by atoms with E-state index in [1.54, 1.807) is 13.0 Å². The minimum absolute atomic E-state index is 0.0373. The first kappa shape index (κ1) is 24.9. The summed E-state index contributed by atoms with van der Waals surface area (Å²) in [5, 5.41) is 0. The van der Waals surface area contributed by atoms with Crippen LogP contribution in [0.5, 0.6) is 0 Å². The van der Waals surface area contributed by atoms with Gasteiger partial charge >= 0.3 is 18.1 Å². The highest BCUT2D eigenvalue weighted by molar-refractivity contribution is 7.85. The van der Waals surface area contributed by atoms with E-state index in [2.05, 4.69) is 4.74 Å². The summed E-state index contributed by atoms with van der Waals surface area (Å²) in [4.78, 5) is 24.5. The van der Waals surface area contributed by atoms with Gasteiger partial charge in [-0.15, -0.1) is 0 Å². The molecule has 0 saturated carbocycles. The molecule has 1 aliphatic carbocycles. The molecule has 31 heavy (non-hydrogen) atoms. The van der Waals surface area contributed by atoms with Crippen LogP contribution < -0.4 is 0 Å². The molecular formula is C20H23F3O7S. The molecule has 3 unspecified atom stereocenters. The van der Waals surface area contributed by atoms with Gasteiger partial charge in [-0.25, -0.2) is 4.79 Å². The maximum absolute atomic E-state index is 12.9. The van der Waals surface area contributed by atoms with E-state index < -0.39 is 52.1 Å². The molecule has 11 heteroatoms. The quantitative estimate of drug-likeness (QED) is 0.390. The van der Waals surface area contributed by atoms with E-state index in [1.165, 1.54) is 12.2 Å². The number of ether oxygens (including phenoxy) is 2. The molecule has 0 amide bonds. The van der Waals surface area contributed by atoms with Crippen molar-refractivity contribution in [3.05, 3.63) is 46.5 Å². The Morgan fingerprint density at radius 1 is 1.16 bits per heavy atom. The molecule has 2 rings (SSSR count). The van der Waals surface area contributed by atoms with Gasteiger partial charge in [0.1, 0.15) is 11.9 Å². The summed E-state index contributed by atoms with van der Waals surface area (Å²) in [7, 11) is -5.01. The summed E-state index contributed by atoms with van der Waals surface area (Å²) in [5.41, 5.74) is 3.00. The monoisotopic (exact) mass is 464 g/mol. The lowest BCUT2D eigenvalue weighted by atomic mass is 9.94. The van der Waals surface area contributed by atoms with Crippen molar-refractivity contribution in [2.45, 2.75) is 52.0 Å². The molecule has 0 heterocycles. The van der Waals surface area contributed by atoms with E-state index in [4.69, 9.17) is 9.29 Å². The van der Waals surface area contributed by atoms with Crippen LogP contribution in [0.1, 0.15) is 39.9 Å². The first-order chi connectivity index (χ1) is 14.2. The molecule has 0 saturated heterocycles. The highest BCUT2D eigenvalue weighted by atomic mass is 32.2. The molecule has 1 N–H and O–H groups in total. The second-order valence-electron chi connectivity index (χ2n) is 7.48. The number of halogens is 3. The summed E-state index contributed by atoms with van der Waals surface area (Å²) in [6, 6.07) is 3.63. The fraction of sp³-hybridized carbons (Fsp3) is 0.500. The molecular weight excluding hydrogens is 441 g/mol. The third-order valence-electron chi connectivity index (χ3n) is 4.90. The summed E-state index contributed by atoms with van der Waals surface area (Å²) >= 11 is 0. The molecule has 1 aromatic rings. The van der Waals surface area contributed by atoms with Gasteiger partial charge in [-0.05, 0) is 62.4 Å². The second-order valence-corrected chi connectivity index (χ2v) is 8.98. The molecule has 1 aromatic carbocycles. The van der Waals surface area contributed by atoms with Crippen LogP contribution in [0.3, 0.4) is 0 Å². The number of carbonyl (C=O) groups excluding carboxylic acids is 2. The van der Waals surface area contributed by atoms with E-state index in [1.807, 2.05) is 19.9 Å². The molecule has 1 aliphatic rings. The lowest BCUT2D eigenvalue weighted by molar-refractivity contribution is -0.217. The van der Waals surface area contributed by atoms with Crippen molar-refractivity contribution in [2.75, 3.05) is 5.75 Å². The maximum Gasteiger partial charge on any atom is 0.426 e. The number of hydrogen-bond donors (Lipinski definition) is 1. The molecule has 7 nitrogen and oxygen atoms in total. The van der Waals surface area contributed by atoms with Crippen molar-refractivity contribution in [3.63, 3.8) is 0 Å². The van der Waals surface area contributed by atoms with Crippen LogP contribution in [-0.4, -0.2) is 49.0 Å². The average Bonchev–Trinajstić information content (AvgIpc) is 2.62. The van der Waals surface area contributed by atoms with Gasteiger partial charge in [-0.3, -0.25) is 9.35 Å². The van der Waals surface area contributed by atoms with E-state index in [-0.39, 0.29) is 12.8 Å². The number of hydrogen-bond acceptors (Lipinski definition) is 6. The molecule has 0 aliphatic heterocycles. The smallest absolute Gasteiger partial charge is 0.426 e. The van der Waals surface area contributed by atoms with Crippen LogP contribution in [0.4, 0.5) is 13.2 Å². The standard InChI is InChI=1S/C20H23F3O7S/c1-11-8-12(2)13(3)16(9-11)19(25)29-15-6-4-14(5-7-15)18(24)30-17(20(21,22)23)10-31(26,27)28/h4,6,8-9,14-15,17H,5,7,10H2,1-3H3,(H,26,27,28). The first-order valence-corrected chi connectivity index (χ1v) is 11.0. The number of carbonyl (C=O) groups is 2. The zero-order valence-electron chi connectivity index (χ0n) is 17.1. The van der Waals surface area contributed by atoms with Gasteiger partial charge in [0, 0.05) is 0 Å². The Morgan fingerprint density at radius 2 is 1.81 bits per heavy atom. The third-order valence-corrected chi connectivity index (χ3v) is 5.62. The highest BCUT2D eigenvalue weighted by Gasteiger charge is 2.46. The predicted octanol–water partition coefficient (Wildman–Crippen LogP) is 3.47. The van der Waals surface area contributed by atoms with E-state index in [0.717, 1.165) is 16.7 Å². The summed E-state index contributed by atoms with van der Waals surface area (Å²) in [5.74, 6) is -4.68. The summed E-state index contributed by atoms with van der Waals surface area (Å²) in [6.07, 6.45) is -5.96. The van der Waals surface area contributed by atoms with Crippen molar-refractivity contribution < 1.29 is 45.2 Å². The van der Waals surface area contributed by atoms with Gasteiger partial charge in [0.15, 0.2) is 0 Å². The summed E-state index contributed by atoms with van der Waals surface area (Å²) < 4.78 is 78.7. The zero-order chi connectivity index (χ0) is 23.6. The van der Waals surface area contributed by atoms with Crippen molar-refractivity contribution in [3.8, 4) is 0 Å². The number of esters is 2. The van der Waals surface area contributed by atoms with Crippen LogP contribution in [0.15, 0.2) is 24.3 Å². The van der Waals surface area contributed by atoms with Gasteiger partial charge in [0.25, 0.3) is 10.1 Å². The van der Waals surface area contributed by atoms with E-state index in [9.17, 15) is 31.2 Å². The van der Waals surface area contributed by atoms with Crippen molar-refractivity contribution >= 4 is 22.1 Å². The van der Waals surface area contributed by atoms with Gasteiger partial charge in [0.2, 0.25) is 6.10 Å². The predicted molar refractivity (Wildman–Crippen MR) is 104 cm³/mol. The topological polar surface area (TPSA) is 107 Å². The van der Waals surface area contributed by atoms with Gasteiger partial charge in [-0.1, -0.05) is 12.1 Å². The number of rotatable bonds is 6.